The summed E-state index contributed by atoms with van der Waals surface area (Å²) in [4.78, 5) is 0.821. The number of sulfonamides is 1. The van der Waals surface area contributed by atoms with Crippen LogP contribution in [0.3, 0.4) is 0 Å². The van der Waals surface area contributed by atoms with Gasteiger partial charge in [0.05, 0.1) is 10.4 Å². The first-order valence-corrected chi connectivity index (χ1v) is 8.80. The number of nitrogens with one attached hydrogen (secondary N) is 1. The Labute approximate surface area is 121 Å². The predicted octanol–water partition coefficient (Wildman–Crippen LogP) is 2.86. The minimum absolute atomic E-state index is 0.155. The van der Waals surface area contributed by atoms with E-state index in [-0.39, 0.29) is 11.5 Å². The molecule has 0 bridgehead atoms. The normalized spacial score (nSPS) is 12.9. The van der Waals surface area contributed by atoms with Gasteiger partial charge in [0.1, 0.15) is 4.90 Å². The summed E-state index contributed by atoms with van der Waals surface area (Å²) in [5, 5.41) is 9.04. The minimum atomic E-state index is -3.56. The smallest absolute Gasteiger partial charge is 0.243 e. The highest BCUT2D eigenvalue weighted by Crippen LogP contribution is 2.32. The van der Waals surface area contributed by atoms with Crippen LogP contribution in [-0.2, 0) is 16.6 Å². The van der Waals surface area contributed by atoms with E-state index in [9.17, 15) is 8.42 Å². The van der Waals surface area contributed by atoms with Crippen LogP contribution >= 0.6 is 27.3 Å². The predicted molar refractivity (Wildman–Crippen MR) is 77.3 cm³/mol. The van der Waals surface area contributed by atoms with Gasteiger partial charge in [0.15, 0.2) is 0 Å². The molecule has 1 rings (SSSR count). The number of thiophene rings is 1. The summed E-state index contributed by atoms with van der Waals surface area (Å²) < 4.78 is 27.9. The molecule has 0 aliphatic carbocycles. The van der Waals surface area contributed by atoms with Crippen molar-refractivity contribution in [3.63, 3.8) is 0 Å². The Morgan fingerprint density at radius 3 is 2.39 bits per heavy atom. The van der Waals surface area contributed by atoms with E-state index in [0.717, 1.165) is 12.8 Å². The van der Waals surface area contributed by atoms with E-state index in [2.05, 4.69) is 20.7 Å². The third-order valence-corrected chi connectivity index (χ3v) is 6.97. The van der Waals surface area contributed by atoms with Crippen LogP contribution in [0.5, 0.6) is 0 Å². The molecule has 0 saturated heterocycles. The summed E-state index contributed by atoms with van der Waals surface area (Å²) in [6.45, 7) is 5.64. The van der Waals surface area contributed by atoms with E-state index in [1.54, 1.807) is 0 Å². The van der Waals surface area contributed by atoms with Gasteiger partial charge in [0, 0.05) is 10.4 Å². The van der Waals surface area contributed by atoms with Crippen LogP contribution in [0.15, 0.2) is 14.7 Å². The second-order valence-corrected chi connectivity index (χ2v) is 8.49. The van der Waals surface area contributed by atoms with E-state index in [4.69, 9.17) is 5.11 Å². The van der Waals surface area contributed by atoms with Crippen molar-refractivity contribution in [2.24, 2.45) is 0 Å². The first-order chi connectivity index (χ1) is 8.28. The number of halogens is 1. The third-order valence-electron chi connectivity index (χ3n) is 3.09. The molecule has 18 heavy (non-hydrogen) atoms. The van der Waals surface area contributed by atoms with Crippen molar-refractivity contribution in [2.45, 2.75) is 50.7 Å². The summed E-state index contributed by atoms with van der Waals surface area (Å²) in [6.07, 6.45) is 1.44. The van der Waals surface area contributed by atoms with Crippen LogP contribution in [0.25, 0.3) is 0 Å². The van der Waals surface area contributed by atoms with E-state index in [1.165, 1.54) is 17.4 Å². The van der Waals surface area contributed by atoms with Gasteiger partial charge in [-0.2, -0.15) is 0 Å². The van der Waals surface area contributed by atoms with Gasteiger partial charge < -0.3 is 5.11 Å². The molecular weight excluding hydrogens is 338 g/mol. The first kappa shape index (κ1) is 16.1. The summed E-state index contributed by atoms with van der Waals surface area (Å²) in [5.41, 5.74) is -0.445. The lowest BCUT2D eigenvalue weighted by molar-refractivity contribution is 0.285. The molecule has 1 aromatic rings. The summed E-state index contributed by atoms with van der Waals surface area (Å²) in [6, 6.07) is 1.50. The van der Waals surface area contributed by atoms with Crippen molar-refractivity contribution in [2.75, 3.05) is 0 Å². The van der Waals surface area contributed by atoms with Gasteiger partial charge in [-0.05, 0) is 41.8 Å². The molecule has 4 nitrogen and oxygen atoms in total. The average Bonchev–Trinajstić information content (AvgIpc) is 2.70. The summed E-state index contributed by atoms with van der Waals surface area (Å²) in [7, 11) is -3.56. The van der Waals surface area contributed by atoms with Gasteiger partial charge in [-0.25, -0.2) is 13.1 Å². The van der Waals surface area contributed by atoms with Crippen molar-refractivity contribution in [3.05, 3.63) is 14.7 Å². The van der Waals surface area contributed by atoms with E-state index < -0.39 is 15.6 Å². The number of rotatable bonds is 6. The molecule has 1 aromatic heterocycles. The fraction of sp³-hybridized carbons (Fsp3) is 0.636. The lowest BCUT2D eigenvalue weighted by Crippen LogP contribution is -2.44. The Balaban J connectivity index is 3.10. The monoisotopic (exact) mass is 355 g/mol. The zero-order valence-electron chi connectivity index (χ0n) is 10.7. The highest BCUT2D eigenvalue weighted by molar-refractivity contribution is 9.11. The Bertz CT molecular complexity index is 506. The molecule has 0 unspecified atom stereocenters. The minimum Gasteiger partial charge on any atom is -0.391 e. The van der Waals surface area contributed by atoms with Gasteiger partial charge in [-0.15, -0.1) is 11.3 Å². The molecule has 104 valence electrons. The number of hydrogen-bond donors (Lipinski definition) is 2. The van der Waals surface area contributed by atoms with Crippen LogP contribution in [0.1, 0.15) is 38.5 Å². The zero-order chi connectivity index (χ0) is 14.0. The highest BCUT2D eigenvalue weighted by Gasteiger charge is 2.29. The highest BCUT2D eigenvalue weighted by atomic mass is 79.9. The molecule has 7 heteroatoms. The molecule has 0 saturated carbocycles. The van der Waals surface area contributed by atoms with E-state index >= 15 is 0 Å². The average molecular weight is 356 g/mol. The van der Waals surface area contributed by atoms with Gasteiger partial charge >= 0.3 is 0 Å². The fourth-order valence-corrected chi connectivity index (χ4v) is 5.53. The molecule has 0 aliphatic rings. The van der Waals surface area contributed by atoms with E-state index in [1.807, 2.05) is 20.8 Å². The molecule has 0 aromatic carbocycles. The first-order valence-electron chi connectivity index (χ1n) is 5.71. The maximum absolute atomic E-state index is 12.3. The molecule has 2 N–H and O–H groups in total. The Morgan fingerprint density at radius 1 is 1.44 bits per heavy atom. The van der Waals surface area contributed by atoms with Gasteiger partial charge in [0.25, 0.3) is 0 Å². The van der Waals surface area contributed by atoms with Crippen LogP contribution in [-0.4, -0.2) is 19.1 Å². The number of aliphatic hydroxyl groups excluding tert-OH is 1. The molecule has 0 fully saturated rings. The van der Waals surface area contributed by atoms with Crippen LogP contribution in [0.4, 0.5) is 0 Å². The standard InChI is InChI=1S/C11H18BrNO3S2/c1-4-11(3,5-2)13-18(15,16)9-6-8(7-14)17-10(9)12/h6,13-14H,4-5,7H2,1-3H3. The second kappa shape index (κ2) is 6.00. The molecule has 0 spiro atoms. The van der Waals surface area contributed by atoms with Gasteiger partial charge in [-0.3, -0.25) is 0 Å². The molecule has 1 heterocycles. The fourth-order valence-electron chi connectivity index (χ4n) is 1.43. The lowest BCUT2D eigenvalue weighted by atomic mass is 9.98. The molecule has 0 radical (unpaired) electrons. The molecule has 0 atom stereocenters. The van der Waals surface area contributed by atoms with Crippen LogP contribution in [0.2, 0.25) is 0 Å². The topological polar surface area (TPSA) is 66.4 Å². The van der Waals surface area contributed by atoms with Crippen LogP contribution in [0, 0.1) is 0 Å². The van der Waals surface area contributed by atoms with Crippen molar-refractivity contribution in [3.8, 4) is 0 Å². The Kier molecular flexibility index (Phi) is 5.37. The zero-order valence-corrected chi connectivity index (χ0v) is 13.9. The van der Waals surface area contributed by atoms with Crippen molar-refractivity contribution >= 4 is 37.3 Å². The number of hydrogen-bond acceptors (Lipinski definition) is 4. The maximum Gasteiger partial charge on any atom is 0.243 e. The number of aliphatic hydroxyl groups is 1. The second-order valence-electron chi connectivity index (χ2n) is 4.38. The maximum atomic E-state index is 12.3. The van der Waals surface area contributed by atoms with Crippen LogP contribution < -0.4 is 4.72 Å². The quantitative estimate of drug-likeness (QED) is 0.824. The Hall–Kier alpha value is 0.0500. The molecular formula is C11H18BrNO3S2. The lowest BCUT2D eigenvalue weighted by Gasteiger charge is -2.27. The third kappa shape index (κ3) is 3.54. The Morgan fingerprint density at radius 2 is 2.00 bits per heavy atom. The van der Waals surface area contributed by atoms with Crippen molar-refractivity contribution in [1.29, 1.82) is 0 Å². The molecule has 0 amide bonds. The van der Waals surface area contributed by atoms with Gasteiger partial charge in [-0.1, -0.05) is 13.8 Å². The van der Waals surface area contributed by atoms with Crippen molar-refractivity contribution < 1.29 is 13.5 Å². The SMILES string of the molecule is CCC(C)(CC)NS(=O)(=O)c1cc(CO)sc1Br. The van der Waals surface area contributed by atoms with Crippen molar-refractivity contribution in [1.82, 2.24) is 4.72 Å². The largest absolute Gasteiger partial charge is 0.391 e. The van der Waals surface area contributed by atoms with E-state index in [0.29, 0.717) is 8.66 Å². The summed E-state index contributed by atoms with van der Waals surface area (Å²) in [5.74, 6) is 0. The van der Waals surface area contributed by atoms with Gasteiger partial charge in [0.2, 0.25) is 10.0 Å². The molecule has 0 aliphatic heterocycles. The summed E-state index contributed by atoms with van der Waals surface area (Å²) >= 11 is 4.46.